The summed E-state index contributed by atoms with van der Waals surface area (Å²) in [6.45, 7) is 9.01. The Morgan fingerprint density at radius 1 is 1.39 bits per heavy atom. The number of rotatable bonds is 6. The Morgan fingerprint density at radius 2 is 2.00 bits per heavy atom. The highest BCUT2D eigenvalue weighted by atomic mass is 79.9. The van der Waals surface area contributed by atoms with Gasteiger partial charge >= 0.3 is 0 Å². The summed E-state index contributed by atoms with van der Waals surface area (Å²) in [6.07, 6.45) is 3.97. The first-order valence-electron chi connectivity index (χ1n) is 6.57. The molecule has 1 atom stereocenters. The summed E-state index contributed by atoms with van der Waals surface area (Å²) >= 11 is 3.36. The number of hydrogen-bond acceptors (Lipinski definition) is 3. The second-order valence-electron chi connectivity index (χ2n) is 4.50. The maximum absolute atomic E-state index is 11.9. The molecule has 1 unspecified atom stereocenters. The molecule has 1 rings (SSSR count). The summed E-state index contributed by atoms with van der Waals surface area (Å²) < 4.78 is 2.01. The summed E-state index contributed by atoms with van der Waals surface area (Å²) in [5.41, 5.74) is 0.698. The van der Waals surface area contributed by atoms with E-state index in [0.717, 1.165) is 18.5 Å². The van der Waals surface area contributed by atoms with Crippen LogP contribution in [0.15, 0.2) is 15.5 Å². The van der Waals surface area contributed by atoms with Crippen LogP contribution in [0.4, 0.5) is 5.69 Å². The molecule has 4 nitrogen and oxygen atoms in total. The van der Waals surface area contributed by atoms with Crippen LogP contribution in [0.1, 0.15) is 40.5 Å². The lowest BCUT2D eigenvalue weighted by Crippen LogP contribution is -2.28. The van der Waals surface area contributed by atoms with E-state index in [-0.39, 0.29) is 5.56 Å². The van der Waals surface area contributed by atoms with E-state index >= 15 is 0 Å². The molecule has 1 heterocycles. The van der Waals surface area contributed by atoms with Crippen LogP contribution in [0, 0.1) is 5.92 Å². The Balaban J connectivity index is 2.92. The maximum Gasteiger partial charge on any atom is 0.283 e. The number of halogens is 1. The molecular weight excluding hydrogens is 294 g/mol. The summed E-state index contributed by atoms with van der Waals surface area (Å²) in [4.78, 5) is 11.9. The maximum atomic E-state index is 11.9. The van der Waals surface area contributed by atoms with Crippen LogP contribution in [-0.2, 0) is 6.54 Å². The molecule has 0 aliphatic carbocycles. The Bertz CT molecular complexity index is 440. The monoisotopic (exact) mass is 315 g/mol. The molecule has 1 aromatic heterocycles. The molecule has 0 radical (unpaired) electrons. The Hall–Kier alpha value is -0.840. The van der Waals surface area contributed by atoms with E-state index in [9.17, 15) is 4.79 Å². The van der Waals surface area contributed by atoms with Crippen molar-refractivity contribution in [2.75, 3.05) is 5.32 Å². The minimum Gasteiger partial charge on any atom is -0.380 e. The van der Waals surface area contributed by atoms with Gasteiger partial charge in [-0.05, 0) is 35.7 Å². The van der Waals surface area contributed by atoms with Crippen molar-refractivity contribution in [3.05, 3.63) is 21.0 Å². The third-order valence-corrected chi connectivity index (χ3v) is 4.19. The molecule has 5 heteroatoms. The van der Waals surface area contributed by atoms with Gasteiger partial charge in [-0.15, -0.1) is 0 Å². The second kappa shape index (κ2) is 6.92. The van der Waals surface area contributed by atoms with Crippen LogP contribution in [0.25, 0.3) is 0 Å². The highest BCUT2D eigenvalue weighted by Crippen LogP contribution is 2.21. The SMILES string of the molecule is CCC(CC)C(C)Nc1cnn(CC)c(=O)c1Br. The van der Waals surface area contributed by atoms with Crippen molar-refractivity contribution in [1.29, 1.82) is 0 Å². The van der Waals surface area contributed by atoms with E-state index in [2.05, 4.69) is 47.1 Å². The van der Waals surface area contributed by atoms with Crippen molar-refractivity contribution < 1.29 is 0 Å². The standard InChI is InChI=1S/C13H22BrN3O/c1-5-10(6-2)9(4)16-11-8-15-17(7-3)13(18)12(11)14/h8-10,16H,5-7H2,1-4H3. The molecule has 1 aromatic rings. The predicted octanol–water partition coefficient (Wildman–Crippen LogP) is 3.26. The zero-order chi connectivity index (χ0) is 13.7. The van der Waals surface area contributed by atoms with E-state index in [1.807, 2.05) is 6.92 Å². The number of aromatic nitrogens is 2. The normalized spacial score (nSPS) is 12.8. The Kier molecular flexibility index (Phi) is 5.85. The third-order valence-electron chi connectivity index (χ3n) is 3.42. The van der Waals surface area contributed by atoms with Gasteiger partial charge in [0.2, 0.25) is 0 Å². The van der Waals surface area contributed by atoms with Gasteiger partial charge in [0, 0.05) is 12.6 Å². The smallest absolute Gasteiger partial charge is 0.283 e. The number of aryl methyl sites for hydroxylation is 1. The second-order valence-corrected chi connectivity index (χ2v) is 5.30. The first kappa shape index (κ1) is 15.2. The van der Waals surface area contributed by atoms with Crippen LogP contribution in [-0.4, -0.2) is 15.8 Å². The van der Waals surface area contributed by atoms with Gasteiger partial charge in [-0.1, -0.05) is 26.7 Å². The molecule has 0 spiro atoms. The Labute approximate surface area is 117 Å². The summed E-state index contributed by atoms with van der Waals surface area (Å²) in [7, 11) is 0. The van der Waals surface area contributed by atoms with E-state index < -0.39 is 0 Å². The van der Waals surface area contributed by atoms with Crippen molar-refractivity contribution in [2.24, 2.45) is 5.92 Å². The van der Waals surface area contributed by atoms with E-state index in [1.165, 1.54) is 4.68 Å². The van der Waals surface area contributed by atoms with Crippen molar-refractivity contribution in [3.63, 3.8) is 0 Å². The van der Waals surface area contributed by atoms with E-state index in [4.69, 9.17) is 0 Å². The van der Waals surface area contributed by atoms with Crippen molar-refractivity contribution in [1.82, 2.24) is 9.78 Å². The van der Waals surface area contributed by atoms with Gasteiger partial charge in [0.25, 0.3) is 5.56 Å². The molecule has 102 valence electrons. The number of nitrogens with one attached hydrogen (secondary N) is 1. The number of hydrogen-bond donors (Lipinski definition) is 1. The zero-order valence-corrected chi connectivity index (χ0v) is 13.1. The summed E-state index contributed by atoms with van der Waals surface area (Å²) in [6, 6.07) is 0.329. The van der Waals surface area contributed by atoms with Crippen molar-refractivity contribution >= 4 is 21.6 Å². The minimum atomic E-state index is -0.0840. The van der Waals surface area contributed by atoms with E-state index in [0.29, 0.717) is 23.0 Å². The Morgan fingerprint density at radius 3 is 2.50 bits per heavy atom. The summed E-state index contributed by atoms with van der Waals surface area (Å²) in [5, 5.41) is 7.51. The van der Waals surface area contributed by atoms with Crippen molar-refractivity contribution in [3.8, 4) is 0 Å². The average molecular weight is 316 g/mol. The van der Waals surface area contributed by atoms with Crippen molar-refractivity contribution in [2.45, 2.75) is 53.1 Å². The lowest BCUT2D eigenvalue weighted by Gasteiger charge is -2.24. The quantitative estimate of drug-likeness (QED) is 0.876. The fraction of sp³-hybridized carbons (Fsp3) is 0.692. The third kappa shape index (κ3) is 3.34. The molecule has 0 saturated carbocycles. The molecule has 0 aromatic carbocycles. The van der Waals surface area contributed by atoms with Gasteiger partial charge in [-0.2, -0.15) is 5.10 Å². The first-order valence-corrected chi connectivity index (χ1v) is 7.36. The van der Waals surface area contributed by atoms with Gasteiger partial charge in [-0.25, -0.2) is 4.68 Å². The molecule has 1 N–H and O–H groups in total. The van der Waals surface area contributed by atoms with Crippen LogP contribution in [0.3, 0.4) is 0 Å². The van der Waals surface area contributed by atoms with Crippen LogP contribution in [0.2, 0.25) is 0 Å². The van der Waals surface area contributed by atoms with Gasteiger partial charge in [0.05, 0.1) is 11.9 Å². The molecule has 0 saturated heterocycles. The lowest BCUT2D eigenvalue weighted by atomic mass is 9.95. The van der Waals surface area contributed by atoms with Gasteiger partial charge in [-0.3, -0.25) is 4.79 Å². The lowest BCUT2D eigenvalue weighted by molar-refractivity contribution is 0.437. The summed E-state index contributed by atoms with van der Waals surface area (Å²) in [5.74, 6) is 0.602. The van der Waals surface area contributed by atoms with E-state index in [1.54, 1.807) is 6.20 Å². The number of nitrogens with zero attached hydrogens (tertiary/aromatic N) is 2. The van der Waals surface area contributed by atoms with Gasteiger partial charge in [0.1, 0.15) is 4.47 Å². The molecule has 0 fully saturated rings. The fourth-order valence-electron chi connectivity index (χ4n) is 2.15. The zero-order valence-electron chi connectivity index (χ0n) is 11.5. The molecule has 0 amide bonds. The number of anilines is 1. The highest BCUT2D eigenvalue weighted by molar-refractivity contribution is 9.10. The largest absolute Gasteiger partial charge is 0.380 e. The highest BCUT2D eigenvalue weighted by Gasteiger charge is 2.16. The molecule has 0 aliphatic rings. The first-order chi connectivity index (χ1) is 8.54. The fourth-order valence-corrected chi connectivity index (χ4v) is 2.57. The molecule has 18 heavy (non-hydrogen) atoms. The van der Waals surface area contributed by atoms with Gasteiger partial charge in [0.15, 0.2) is 0 Å². The van der Waals surface area contributed by atoms with Crippen LogP contribution in [0.5, 0.6) is 0 Å². The molecule has 0 bridgehead atoms. The van der Waals surface area contributed by atoms with Crippen LogP contribution >= 0.6 is 15.9 Å². The molecular formula is C13H22BrN3O. The average Bonchev–Trinajstić information content (AvgIpc) is 2.37. The predicted molar refractivity (Wildman–Crippen MR) is 79.0 cm³/mol. The van der Waals surface area contributed by atoms with Gasteiger partial charge < -0.3 is 5.32 Å². The topological polar surface area (TPSA) is 46.9 Å². The molecule has 0 aliphatic heterocycles. The van der Waals surface area contributed by atoms with Crippen LogP contribution < -0.4 is 10.9 Å². The minimum absolute atomic E-state index is 0.0840.